The third-order valence-corrected chi connectivity index (χ3v) is 4.66. The average molecular weight is 383 g/mol. The molecule has 1 amide bonds. The van der Waals surface area contributed by atoms with Gasteiger partial charge in [0.2, 0.25) is 0 Å². The Hall–Kier alpha value is -3.65. The van der Waals surface area contributed by atoms with E-state index in [2.05, 4.69) is 5.32 Å². The maximum absolute atomic E-state index is 11.4. The Bertz CT molecular complexity index is 995. The van der Waals surface area contributed by atoms with Crippen LogP contribution < -0.4 is 10.1 Å². The molecule has 8 heteroatoms. The van der Waals surface area contributed by atoms with Crippen LogP contribution in [0.25, 0.3) is 10.4 Å². The summed E-state index contributed by atoms with van der Waals surface area (Å²) in [5.41, 5.74) is 0.651. The highest BCUT2D eigenvalue weighted by Gasteiger charge is 2.20. The number of amides is 1. The van der Waals surface area contributed by atoms with E-state index in [4.69, 9.17) is 9.84 Å². The molecular formula is C19H13NO6S. The summed E-state index contributed by atoms with van der Waals surface area (Å²) >= 11 is 0.936. The summed E-state index contributed by atoms with van der Waals surface area (Å²) < 4.78 is 5.70. The van der Waals surface area contributed by atoms with Crippen molar-refractivity contribution >= 4 is 34.9 Å². The van der Waals surface area contributed by atoms with Gasteiger partial charge in [-0.2, -0.15) is 0 Å². The molecule has 3 aromatic rings. The lowest BCUT2D eigenvalue weighted by atomic mass is 10.2. The summed E-state index contributed by atoms with van der Waals surface area (Å²) in [5.74, 6) is -2.95. The number of aromatic carboxylic acids is 1. The Balaban J connectivity index is 1.84. The molecule has 7 nitrogen and oxygen atoms in total. The molecule has 0 bridgehead atoms. The lowest BCUT2D eigenvalue weighted by Gasteiger charge is -2.06. The first-order chi connectivity index (χ1) is 12.9. The number of thiophene rings is 1. The number of aliphatic carboxylic acids is 1. The molecule has 27 heavy (non-hydrogen) atoms. The summed E-state index contributed by atoms with van der Waals surface area (Å²) in [4.78, 5) is 33.8. The van der Waals surface area contributed by atoms with Gasteiger partial charge in [-0.1, -0.05) is 18.2 Å². The fraction of sp³-hybridized carbons (Fsp3) is 0. The van der Waals surface area contributed by atoms with E-state index < -0.39 is 17.8 Å². The summed E-state index contributed by atoms with van der Waals surface area (Å²) in [5, 5.41) is 20.0. The molecule has 3 rings (SSSR count). The minimum atomic E-state index is -1.69. The van der Waals surface area contributed by atoms with Crippen LogP contribution in [0.5, 0.6) is 11.5 Å². The Morgan fingerprint density at radius 2 is 1.52 bits per heavy atom. The first-order valence-corrected chi connectivity index (χ1v) is 8.50. The summed E-state index contributed by atoms with van der Waals surface area (Å²) in [6.45, 7) is 0. The molecule has 3 N–H and O–H groups in total. The summed E-state index contributed by atoms with van der Waals surface area (Å²) in [6.07, 6.45) is 0. The van der Waals surface area contributed by atoms with Crippen molar-refractivity contribution in [1.82, 2.24) is 0 Å². The molecule has 0 radical (unpaired) electrons. The predicted octanol–water partition coefficient (Wildman–Crippen LogP) is 3.93. The molecule has 0 saturated carbocycles. The minimum Gasteiger partial charge on any atom is -0.477 e. The van der Waals surface area contributed by atoms with E-state index in [1.165, 1.54) is 6.07 Å². The highest BCUT2D eigenvalue weighted by molar-refractivity contribution is 7.18. The Morgan fingerprint density at radius 3 is 2.11 bits per heavy atom. The fourth-order valence-electron chi connectivity index (χ4n) is 2.27. The highest BCUT2D eigenvalue weighted by atomic mass is 32.1. The standard InChI is InChI=1S/C19H13NO6S/c21-17(19(24)25)20-14-10-15(27-16(14)18(22)23)11-6-8-13(9-7-11)26-12-4-2-1-3-5-12/h1-10H,(H,20,21)(H,22,23)(H,24,25). The fourth-order valence-corrected chi connectivity index (χ4v) is 3.23. The average Bonchev–Trinajstić information content (AvgIpc) is 3.07. The topological polar surface area (TPSA) is 113 Å². The van der Waals surface area contributed by atoms with Crippen molar-refractivity contribution in [1.29, 1.82) is 0 Å². The van der Waals surface area contributed by atoms with Gasteiger partial charge in [0, 0.05) is 4.88 Å². The van der Waals surface area contributed by atoms with Crippen LogP contribution in [0.2, 0.25) is 0 Å². The summed E-state index contributed by atoms with van der Waals surface area (Å²) in [7, 11) is 0. The first kappa shape index (κ1) is 18.2. The molecule has 0 aliphatic carbocycles. The molecule has 0 unspecified atom stereocenters. The van der Waals surface area contributed by atoms with E-state index in [0.717, 1.165) is 11.3 Å². The van der Waals surface area contributed by atoms with Crippen LogP contribution in [-0.2, 0) is 9.59 Å². The van der Waals surface area contributed by atoms with Crippen LogP contribution in [0.3, 0.4) is 0 Å². The molecule has 2 aromatic carbocycles. The maximum atomic E-state index is 11.4. The zero-order valence-electron chi connectivity index (χ0n) is 13.7. The van der Waals surface area contributed by atoms with Gasteiger partial charge < -0.3 is 20.3 Å². The quantitative estimate of drug-likeness (QED) is 0.576. The van der Waals surface area contributed by atoms with Crippen molar-refractivity contribution in [3.05, 3.63) is 65.5 Å². The number of hydrogen-bond acceptors (Lipinski definition) is 5. The third kappa shape index (κ3) is 4.31. The van der Waals surface area contributed by atoms with E-state index in [9.17, 15) is 19.5 Å². The molecule has 0 aliphatic heterocycles. The Labute approximate surface area is 157 Å². The zero-order valence-corrected chi connectivity index (χ0v) is 14.5. The van der Waals surface area contributed by atoms with E-state index in [1.54, 1.807) is 24.3 Å². The molecule has 136 valence electrons. The smallest absolute Gasteiger partial charge is 0.394 e. The number of nitrogens with one attached hydrogen (secondary N) is 1. The lowest BCUT2D eigenvalue weighted by molar-refractivity contribution is -0.147. The van der Waals surface area contributed by atoms with Crippen LogP contribution in [0.1, 0.15) is 9.67 Å². The van der Waals surface area contributed by atoms with Crippen molar-refractivity contribution in [2.24, 2.45) is 0 Å². The van der Waals surface area contributed by atoms with Crippen molar-refractivity contribution in [2.45, 2.75) is 0 Å². The van der Waals surface area contributed by atoms with Gasteiger partial charge in [-0.05, 0) is 48.0 Å². The molecule has 1 aromatic heterocycles. The van der Waals surface area contributed by atoms with Gasteiger partial charge in [-0.25, -0.2) is 9.59 Å². The molecule has 0 atom stereocenters. The molecule has 1 heterocycles. The first-order valence-electron chi connectivity index (χ1n) is 7.69. The van der Waals surface area contributed by atoms with Crippen LogP contribution in [-0.4, -0.2) is 28.1 Å². The van der Waals surface area contributed by atoms with Crippen molar-refractivity contribution in [3.63, 3.8) is 0 Å². The van der Waals surface area contributed by atoms with Crippen LogP contribution in [0.4, 0.5) is 5.69 Å². The zero-order chi connectivity index (χ0) is 19.4. The van der Waals surface area contributed by atoms with Gasteiger partial charge in [0.1, 0.15) is 16.4 Å². The number of anilines is 1. The van der Waals surface area contributed by atoms with Crippen molar-refractivity contribution < 1.29 is 29.3 Å². The van der Waals surface area contributed by atoms with E-state index >= 15 is 0 Å². The molecular weight excluding hydrogens is 370 g/mol. The number of benzene rings is 2. The third-order valence-electron chi connectivity index (χ3n) is 3.49. The number of carboxylic acids is 2. The van der Waals surface area contributed by atoms with Crippen LogP contribution in [0.15, 0.2) is 60.7 Å². The molecule has 0 spiro atoms. The maximum Gasteiger partial charge on any atom is 0.394 e. The van der Waals surface area contributed by atoms with Crippen LogP contribution >= 0.6 is 11.3 Å². The van der Waals surface area contributed by atoms with E-state index in [-0.39, 0.29) is 10.6 Å². The van der Waals surface area contributed by atoms with Gasteiger partial charge in [0.05, 0.1) is 5.69 Å². The minimum absolute atomic E-state index is 0.0560. The number of para-hydroxylation sites is 1. The van der Waals surface area contributed by atoms with Gasteiger partial charge in [0.25, 0.3) is 0 Å². The van der Waals surface area contributed by atoms with Crippen LogP contribution in [0, 0.1) is 0 Å². The second-order valence-corrected chi connectivity index (χ2v) is 6.41. The largest absolute Gasteiger partial charge is 0.477 e. The number of hydrogen-bond donors (Lipinski definition) is 3. The Morgan fingerprint density at radius 1 is 0.889 bits per heavy atom. The SMILES string of the molecule is O=C(O)C(=O)Nc1cc(-c2ccc(Oc3ccccc3)cc2)sc1C(=O)O. The van der Waals surface area contributed by atoms with Crippen molar-refractivity contribution in [2.75, 3.05) is 5.32 Å². The second kappa shape index (κ2) is 7.71. The lowest BCUT2D eigenvalue weighted by Crippen LogP contribution is -2.22. The van der Waals surface area contributed by atoms with Gasteiger partial charge in [-0.15, -0.1) is 11.3 Å². The van der Waals surface area contributed by atoms with Gasteiger partial charge >= 0.3 is 17.8 Å². The molecule has 0 saturated heterocycles. The number of carbonyl (C=O) groups is 3. The van der Waals surface area contributed by atoms with E-state index in [1.807, 2.05) is 30.3 Å². The number of carboxylic acid groups (broad SMARTS) is 2. The Kier molecular flexibility index (Phi) is 5.18. The molecule has 0 aliphatic rings. The highest BCUT2D eigenvalue weighted by Crippen LogP contribution is 2.36. The summed E-state index contributed by atoms with van der Waals surface area (Å²) in [6, 6.07) is 17.6. The molecule has 0 fully saturated rings. The van der Waals surface area contributed by atoms with Crippen molar-refractivity contribution in [3.8, 4) is 21.9 Å². The normalized spacial score (nSPS) is 10.2. The van der Waals surface area contributed by atoms with Gasteiger partial charge in [0.15, 0.2) is 0 Å². The number of rotatable bonds is 5. The number of ether oxygens (including phenoxy) is 1. The van der Waals surface area contributed by atoms with E-state index in [0.29, 0.717) is 21.9 Å². The second-order valence-electron chi connectivity index (χ2n) is 5.36. The van der Waals surface area contributed by atoms with Gasteiger partial charge in [-0.3, -0.25) is 4.79 Å². The predicted molar refractivity (Wildman–Crippen MR) is 99.5 cm³/mol. The number of carbonyl (C=O) groups excluding carboxylic acids is 1. The monoisotopic (exact) mass is 383 g/mol.